The van der Waals surface area contributed by atoms with Crippen LogP contribution in [0.15, 0.2) is 12.3 Å². The first-order chi connectivity index (χ1) is 7.69. The van der Waals surface area contributed by atoms with Crippen molar-refractivity contribution in [2.45, 2.75) is 25.9 Å². The quantitative estimate of drug-likeness (QED) is 0.823. The van der Waals surface area contributed by atoms with Gasteiger partial charge in [0.25, 0.3) is 0 Å². The van der Waals surface area contributed by atoms with Crippen molar-refractivity contribution in [2.24, 2.45) is 13.0 Å². The molecule has 1 aromatic heterocycles. The zero-order valence-electron chi connectivity index (χ0n) is 10.5. The van der Waals surface area contributed by atoms with Crippen molar-refractivity contribution in [3.63, 3.8) is 0 Å². The second-order valence-electron chi connectivity index (χ2n) is 4.88. The zero-order chi connectivity index (χ0) is 11.5. The average Bonchev–Trinajstić information content (AvgIpc) is 2.64. The van der Waals surface area contributed by atoms with Crippen LogP contribution in [0, 0.1) is 5.92 Å². The molecule has 16 heavy (non-hydrogen) atoms. The molecule has 1 aromatic rings. The van der Waals surface area contributed by atoms with Gasteiger partial charge in [-0.3, -0.25) is 9.58 Å². The minimum atomic E-state index is 0.681. The van der Waals surface area contributed by atoms with Crippen molar-refractivity contribution in [2.75, 3.05) is 20.1 Å². The maximum absolute atomic E-state index is 4.43. The molecule has 0 aromatic carbocycles. The number of aryl methyl sites for hydroxylation is 1. The van der Waals surface area contributed by atoms with Crippen LogP contribution in [0.2, 0.25) is 0 Å². The standard InChI is InChI=1S/C12H22N4/c1-10-8-16(7-5-12(10)13-2)9-11-4-6-15(3)14-11/h4,6,10,12-13H,5,7-9H2,1-3H3. The third-order valence-corrected chi connectivity index (χ3v) is 3.51. The van der Waals surface area contributed by atoms with Crippen LogP contribution in [-0.4, -0.2) is 40.9 Å². The summed E-state index contributed by atoms with van der Waals surface area (Å²) in [6.45, 7) is 5.65. The van der Waals surface area contributed by atoms with Crippen LogP contribution >= 0.6 is 0 Å². The summed E-state index contributed by atoms with van der Waals surface area (Å²) >= 11 is 0. The van der Waals surface area contributed by atoms with Gasteiger partial charge in [-0.2, -0.15) is 5.10 Å². The summed E-state index contributed by atoms with van der Waals surface area (Å²) in [5.74, 6) is 0.725. The van der Waals surface area contributed by atoms with Crippen molar-refractivity contribution in [1.82, 2.24) is 20.0 Å². The average molecular weight is 222 g/mol. The lowest BCUT2D eigenvalue weighted by Crippen LogP contribution is -2.46. The molecule has 1 aliphatic rings. The van der Waals surface area contributed by atoms with Gasteiger partial charge in [0, 0.05) is 38.9 Å². The monoisotopic (exact) mass is 222 g/mol. The van der Waals surface area contributed by atoms with E-state index in [9.17, 15) is 0 Å². The first kappa shape index (κ1) is 11.6. The van der Waals surface area contributed by atoms with Gasteiger partial charge in [-0.05, 0) is 25.5 Å². The van der Waals surface area contributed by atoms with E-state index in [1.807, 2.05) is 17.9 Å². The fourth-order valence-corrected chi connectivity index (χ4v) is 2.58. The van der Waals surface area contributed by atoms with Crippen molar-refractivity contribution < 1.29 is 0 Å². The van der Waals surface area contributed by atoms with Crippen LogP contribution in [0.3, 0.4) is 0 Å². The van der Waals surface area contributed by atoms with Gasteiger partial charge in [0.15, 0.2) is 0 Å². The lowest BCUT2D eigenvalue weighted by atomic mass is 9.94. The largest absolute Gasteiger partial charge is 0.317 e. The molecular formula is C12H22N4. The van der Waals surface area contributed by atoms with Gasteiger partial charge in [-0.25, -0.2) is 0 Å². The number of piperidine rings is 1. The van der Waals surface area contributed by atoms with Crippen LogP contribution in [0.4, 0.5) is 0 Å². The molecule has 1 fully saturated rings. The Balaban J connectivity index is 1.88. The van der Waals surface area contributed by atoms with Gasteiger partial charge in [0.2, 0.25) is 0 Å². The van der Waals surface area contributed by atoms with E-state index in [-0.39, 0.29) is 0 Å². The molecule has 1 saturated heterocycles. The summed E-state index contributed by atoms with van der Waals surface area (Å²) in [5.41, 5.74) is 1.18. The number of rotatable bonds is 3. The molecule has 0 saturated carbocycles. The van der Waals surface area contributed by atoms with Gasteiger partial charge < -0.3 is 5.32 Å². The molecule has 0 radical (unpaired) electrons. The fraction of sp³-hybridized carbons (Fsp3) is 0.750. The van der Waals surface area contributed by atoms with Crippen LogP contribution in [0.25, 0.3) is 0 Å². The van der Waals surface area contributed by atoms with Crippen LogP contribution < -0.4 is 5.32 Å². The Kier molecular flexibility index (Phi) is 3.61. The minimum Gasteiger partial charge on any atom is -0.317 e. The normalized spacial score (nSPS) is 27.2. The van der Waals surface area contributed by atoms with E-state index in [2.05, 4.69) is 35.4 Å². The number of nitrogens with zero attached hydrogens (tertiary/aromatic N) is 3. The highest BCUT2D eigenvalue weighted by atomic mass is 15.3. The maximum Gasteiger partial charge on any atom is 0.0764 e. The van der Waals surface area contributed by atoms with E-state index in [4.69, 9.17) is 0 Å². The minimum absolute atomic E-state index is 0.681. The van der Waals surface area contributed by atoms with Gasteiger partial charge >= 0.3 is 0 Å². The summed E-state index contributed by atoms with van der Waals surface area (Å²) in [5, 5.41) is 7.82. The Hall–Kier alpha value is -0.870. The SMILES string of the molecule is CNC1CCN(Cc2ccn(C)n2)CC1C. The van der Waals surface area contributed by atoms with Gasteiger partial charge in [0.05, 0.1) is 5.69 Å². The molecule has 4 nitrogen and oxygen atoms in total. The summed E-state index contributed by atoms with van der Waals surface area (Å²) in [6.07, 6.45) is 3.25. The lowest BCUT2D eigenvalue weighted by Gasteiger charge is -2.36. The maximum atomic E-state index is 4.43. The van der Waals surface area contributed by atoms with E-state index in [0.29, 0.717) is 6.04 Å². The topological polar surface area (TPSA) is 33.1 Å². The second-order valence-corrected chi connectivity index (χ2v) is 4.88. The van der Waals surface area contributed by atoms with Crippen molar-refractivity contribution in [1.29, 1.82) is 0 Å². The van der Waals surface area contributed by atoms with Gasteiger partial charge in [-0.1, -0.05) is 6.92 Å². The summed E-state index contributed by atoms with van der Waals surface area (Å²) in [4.78, 5) is 2.50. The molecule has 2 rings (SSSR count). The van der Waals surface area contributed by atoms with Crippen molar-refractivity contribution in [3.05, 3.63) is 18.0 Å². The second kappa shape index (κ2) is 4.97. The Morgan fingerprint density at radius 2 is 2.38 bits per heavy atom. The summed E-state index contributed by atoms with van der Waals surface area (Å²) in [7, 11) is 4.04. The Morgan fingerprint density at radius 3 is 2.94 bits per heavy atom. The van der Waals surface area contributed by atoms with E-state index in [1.54, 1.807) is 0 Å². The molecule has 0 bridgehead atoms. The van der Waals surface area contributed by atoms with Crippen LogP contribution in [0.1, 0.15) is 19.0 Å². The molecule has 1 aliphatic heterocycles. The van der Waals surface area contributed by atoms with Crippen molar-refractivity contribution >= 4 is 0 Å². The van der Waals surface area contributed by atoms with E-state index < -0.39 is 0 Å². The Labute approximate surface area is 97.6 Å². The van der Waals surface area contributed by atoms with Crippen LogP contribution in [-0.2, 0) is 13.6 Å². The number of hydrogen-bond acceptors (Lipinski definition) is 3. The number of hydrogen-bond donors (Lipinski definition) is 1. The zero-order valence-corrected chi connectivity index (χ0v) is 10.5. The number of likely N-dealkylation sites (tertiary alicyclic amines) is 1. The molecular weight excluding hydrogens is 200 g/mol. The highest BCUT2D eigenvalue weighted by molar-refractivity contribution is 4.99. The molecule has 4 heteroatoms. The highest BCUT2D eigenvalue weighted by Crippen LogP contribution is 2.17. The molecule has 2 atom stereocenters. The lowest BCUT2D eigenvalue weighted by molar-refractivity contribution is 0.143. The molecule has 1 N–H and O–H groups in total. The molecule has 0 spiro atoms. The Morgan fingerprint density at radius 1 is 1.56 bits per heavy atom. The molecule has 90 valence electrons. The molecule has 0 aliphatic carbocycles. The van der Waals surface area contributed by atoms with Gasteiger partial charge in [-0.15, -0.1) is 0 Å². The Bertz CT molecular complexity index is 334. The number of nitrogens with one attached hydrogen (secondary N) is 1. The van der Waals surface area contributed by atoms with E-state index >= 15 is 0 Å². The predicted molar refractivity (Wildman–Crippen MR) is 65.1 cm³/mol. The third kappa shape index (κ3) is 2.62. The first-order valence-electron chi connectivity index (χ1n) is 6.07. The molecule has 0 amide bonds. The fourth-order valence-electron chi connectivity index (χ4n) is 2.58. The summed E-state index contributed by atoms with van der Waals surface area (Å²) < 4.78 is 1.87. The molecule has 2 heterocycles. The third-order valence-electron chi connectivity index (χ3n) is 3.51. The first-order valence-corrected chi connectivity index (χ1v) is 6.07. The van der Waals surface area contributed by atoms with Crippen molar-refractivity contribution in [3.8, 4) is 0 Å². The van der Waals surface area contributed by atoms with E-state index in [0.717, 1.165) is 12.5 Å². The van der Waals surface area contributed by atoms with Crippen LogP contribution in [0.5, 0.6) is 0 Å². The predicted octanol–water partition coefficient (Wildman–Crippen LogP) is 0.850. The smallest absolute Gasteiger partial charge is 0.0764 e. The highest BCUT2D eigenvalue weighted by Gasteiger charge is 2.24. The summed E-state index contributed by atoms with van der Waals surface area (Å²) in [6, 6.07) is 2.79. The van der Waals surface area contributed by atoms with Gasteiger partial charge in [0.1, 0.15) is 0 Å². The van der Waals surface area contributed by atoms with E-state index in [1.165, 1.54) is 25.2 Å². The number of aromatic nitrogens is 2. The molecule has 2 unspecified atom stereocenters.